The van der Waals surface area contributed by atoms with Gasteiger partial charge >= 0.3 is 0 Å². The Bertz CT molecular complexity index is 1140. The van der Waals surface area contributed by atoms with E-state index in [4.69, 9.17) is 11.6 Å². The number of nitrogens with zero attached hydrogens (tertiary/aromatic N) is 4. The third-order valence-electron chi connectivity index (χ3n) is 3.98. The molecule has 4 aromatic rings. The number of thioether (sulfide) groups is 1. The number of nitrogens with one attached hydrogen (secondary N) is 1. The number of hydrogen-bond acceptors (Lipinski definition) is 5. The highest BCUT2D eigenvalue weighted by Crippen LogP contribution is 2.24. The minimum Gasteiger partial charge on any atom is -0.322 e. The minimum absolute atomic E-state index is 0.272. The highest BCUT2D eigenvalue weighted by Gasteiger charge is 2.14. The molecule has 2 heterocycles. The molecule has 134 valence electrons. The topological polar surface area (TPSA) is 72.7 Å². The first-order valence-corrected chi connectivity index (χ1v) is 9.68. The summed E-state index contributed by atoms with van der Waals surface area (Å²) in [5, 5.41) is 11.4. The van der Waals surface area contributed by atoms with Gasteiger partial charge in [-0.2, -0.15) is 4.68 Å². The summed E-state index contributed by atoms with van der Waals surface area (Å²) < 4.78 is 1.59. The van der Waals surface area contributed by atoms with E-state index in [9.17, 15) is 4.79 Å². The Balaban J connectivity index is 1.62. The van der Waals surface area contributed by atoms with Crippen molar-refractivity contribution in [3.63, 3.8) is 0 Å². The van der Waals surface area contributed by atoms with Crippen molar-refractivity contribution in [2.24, 2.45) is 0 Å². The van der Waals surface area contributed by atoms with Gasteiger partial charge in [0.25, 0.3) is 5.91 Å². The molecular formula is C19H14ClN5OS. The van der Waals surface area contributed by atoms with Crippen LogP contribution in [0.1, 0.15) is 10.4 Å². The number of carbonyl (C=O) groups excluding carboxylic acids is 1. The SMILES string of the molecule is CSc1cccc(NC(=O)c2ccc(-n3nnc4cccnc43)cc2Cl)c1. The fourth-order valence-electron chi connectivity index (χ4n) is 2.66. The van der Waals surface area contributed by atoms with Gasteiger partial charge < -0.3 is 5.32 Å². The van der Waals surface area contributed by atoms with Crippen LogP contribution in [0.3, 0.4) is 0 Å². The second-order valence-electron chi connectivity index (χ2n) is 5.70. The van der Waals surface area contributed by atoms with Crippen LogP contribution in [0.15, 0.2) is 65.7 Å². The van der Waals surface area contributed by atoms with Crippen LogP contribution >= 0.6 is 23.4 Å². The van der Waals surface area contributed by atoms with Gasteiger partial charge in [-0.3, -0.25) is 4.79 Å². The van der Waals surface area contributed by atoms with Crippen LogP contribution in [0.4, 0.5) is 5.69 Å². The summed E-state index contributed by atoms with van der Waals surface area (Å²) in [5.41, 5.74) is 3.09. The monoisotopic (exact) mass is 395 g/mol. The first-order valence-electron chi connectivity index (χ1n) is 8.07. The molecular weight excluding hydrogens is 382 g/mol. The number of halogens is 1. The standard InChI is InChI=1S/C19H14ClN5OS/c1-27-14-5-2-4-12(10-14)22-19(26)15-8-7-13(11-16(15)20)25-18-17(23-24-25)6-3-9-21-18/h2-11H,1H3,(H,22,26). The largest absolute Gasteiger partial charge is 0.322 e. The highest BCUT2D eigenvalue weighted by molar-refractivity contribution is 7.98. The zero-order chi connectivity index (χ0) is 18.8. The van der Waals surface area contributed by atoms with Crippen molar-refractivity contribution >= 4 is 46.1 Å². The van der Waals surface area contributed by atoms with E-state index in [1.165, 1.54) is 0 Å². The molecule has 0 bridgehead atoms. The fourth-order valence-corrected chi connectivity index (χ4v) is 3.38. The Morgan fingerprint density at radius 1 is 1.15 bits per heavy atom. The average Bonchev–Trinajstić information content (AvgIpc) is 3.12. The molecule has 4 rings (SSSR count). The summed E-state index contributed by atoms with van der Waals surface area (Å²) in [7, 11) is 0. The van der Waals surface area contributed by atoms with Gasteiger partial charge in [0, 0.05) is 16.8 Å². The molecule has 27 heavy (non-hydrogen) atoms. The van der Waals surface area contributed by atoms with Gasteiger partial charge in [-0.05, 0) is 54.8 Å². The summed E-state index contributed by atoms with van der Waals surface area (Å²) in [6.07, 6.45) is 3.66. The molecule has 0 aliphatic carbocycles. The van der Waals surface area contributed by atoms with Gasteiger partial charge in [-0.1, -0.05) is 22.9 Å². The number of hydrogen-bond donors (Lipinski definition) is 1. The summed E-state index contributed by atoms with van der Waals surface area (Å²) >= 11 is 7.98. The van der Waals surface area contributed by atoms with Crippen molar-refractivity contribution in [2.45, 2.75) is 4.90 Å². The van der Waals surface area contributed by atoms with Crippen LogP contribution in [-0.2, 0) is 0 Å². The van der Waals surface area contributed by atoms with Gasteiger partial charge in [0.2, 0.25) is 0 Å². The van der Waals surface area contributed by atoms with E-state index >= 15 is 0 Å². The Morgan fingerprint density at radius 2 is 2.04 bits per heavy atom. The lowest BCUT2D eigenvalue weighted by molar-refractivity contribution is 0.102. The molecule has 0 saturated heterocycles. The van der Waals surface area contributed by atoms with Crippen LogP contribution in [-0.4, -0.2) is 32.1 Å². The number of aromatic nitrogens is 4. The van der Waals surface area contributed by atoms with Crippen LogP contribution in [0.25, 0.3) is 16.9 Å². The number of pyridine rings is 1. The van der Waals surface area contributed by atoms with E-state index < -0.39 is 0 Å². The van der Waals surface area contributed by atoms with Crippen molar-refractivity contribution in [2.75, 3.05) is 11.6 Å². The van der Waals surface area contributed by atoms with Crippen molar-refractivity contribution in [1.29, 1.82) is 0 Å². The lowest BCUT2D eigenvalue weighted by Crippen LogP contribution is -2.13. The van der Waals surface area contributed by atoms with Crippen molar-refractivity contribution in [3.05, 3.63) is 71.4 Å². The van der Waals surface area contributed by atoms with Crippen molar-refractivity contribution in [3.8, 4) is 5.69 Å². The van der Waals surface area contributed by atoms with Crippen molar-refractivity contribution in [1.82, 2.24) is 20.0 Å². The fraction of sp³-hybridized carbons (Fsp3) is 0.0526. The maximum absolute atomic E-state index is 12.6. The van der Waals surface area contributed by atoms with Gasteiger partial charge in [0.1, 0.15) is 5.52 Å². The molecule has 0 radical (unpaired) electrons. The second kappa shape index (κ2) is 7.38. The maximum atomic E-state index is 12.6. The Hall–Kier alpha value is -2.90. The zero-order valence-electron chi connectivity index (χ0n) is 14.3. The molecule has 0 fully saturated rings. The van der Waals surface area contributed by atoms with Gasteiger partial charge in [-0.15, -0.1) is 16.9 Å². The maximum Gasteiger partial charge on any atom is 0.257 e. The third kappa shape index (κ3) is 3.51. The second-order valence-corrected chi connectivity index (χ2v) is 6.98. The molecule has 0 atom stereocenters. The van der Waals surface area contributed by atoms with Crippen molar-refractivity contribution < 1.29 is 4.79 Å². The summed E-state index contributed by atoms with van der Waals surface area (Å²) in [6, 6.07) is 16.4. The van der Waals surface area contributed by atoms with Gasteiger partial charge in [-0.25, -0.2) is 4.98 Å². The summed E-state index contributed by atoms with van der Waals surface area (Å²) in [4.78, 5) is 18.0. The molecule has 0 aliphatic heterocycles. The van der Waals surface area contributed by atoms with Crippen LogP contribution < -0.4 is 5.32 Å². The molecule has 1 amide bonds. The first-order chi connectivity index (χ1) is 13.2. The van der Waals surface area contributed by atoms with E-state index in [0.29, 0.717) is 27.4 Å². The van der Waals surface area contributed by atoms with Crippen LogP contribution in [0.2, 0.25) is 5.02 Å². The molecule has 0 unspecified atom stereocenters. The molecule has 0 spiro atoms. The Labute approximate surface area is 164 Å². The van der Waals surface area contributed by atoms with E-state index in [1.54, 1.807) is 46.9 Å². The molecule has 2 aromatic carbocycles. The number of amides is 1. The van der Waals surface area contributed by atoms with Crippen LogP contribution in [0, 0.1) is 0 Å². The lowest BCUT2D eigenvalue weighted by Gasteiger charge is -2.09. The Morgan fingerprint density at radius 3 is 2.85 bits per heavy atom. The smallest absolute Gasteiger partial charge is 0.257 e. The number of carbonyl (C=O) groups is 1. The summed E-state index contributed by atoms with van der Waals surface area (Å²) in [5.74, 6) is -0.272. The normalized spacial score (nSPS) is 10.9. The minimum atomic E-state index is -0.272. The number of anilines is 1. The quantitative estimate of drug-likeness (QED) is 0.517. The predicted molar refractivity (Wildman–Crippen MR) is 108 cm³/mol. The first kappa shape index (κ1) is 17.5. The average molecular weight is 396 g/mol. The highest BCUT2D eigenvalue weighted by atomic mass is 35.5. The number of fused-ring (bicyclic) bond motifs is 1. The van der Waals surface area contributed by atoms with Gasteiger partial charge in [0.15, 0.2) is 5.65 Å². The zero-order valence-corrected chi connectivity index (χ0v) is 15.8. The predicted octanol–water partition coefficient (Wildman–Crippen LogP) is 4.44. The summed E-state index contributed by atoms with van der Waals surface area (Å²) in [6.45, 7) is 0. The van der Waals surface area contributed by atoms with E-state index in [1.807, 2.05) is 36.6 Å². The number of rotatable bonds is 4. The molecule has 2 aromatic heterocycles. The third-order valence-corrected chi connectivity index (χ3v) is 5.02. The number of benzene rings is 2. The van der Waals surface area contributed by atoms with E-state index in [0.717, 1.165) is 10.6 Å². The van der Waals surface area contributed by atoms with Gasteiger partial charge in [0.05, 0.1) is 16.3 Å². The Kier molecular flexibility index (Phi) is 4.79. The van der Waals surface area contributed by atoms with E-state index in [2.05, 4.69) is 20.6 Å². The van der Waals surface area contributed by atoms with E-state index in [-0.39, 0.29) is 5.91 Å². The van der Waals surface area contributed by atoms with Crippen LogP contribution in [0.5, 0.6) is 0 Å². The molecule has 0 aliphatic rings. The molecule has 6 nitrogen and oxygen atoms in total. The molecule has 8 heteroatoms. The lowest BCUT2D eigenvalue weighted by atomic mass is 10.2. The molecule has 1 N–H and O–H groups in total. The molecule has 0 saturated carbocycles.